The first-order valence-corrected chi connectivity index (χ1v) is 4.75. The van der Waals surface area contributed by atoms with Gasteiger partial charge in [0.25, 0.3) is 0 Å². The fraction of sp³-hybridized carbons (Fsp3) is 0.0833. The normalized spacial score (nSPS) is 10.4. The second-order valence-corrected chi connectivity index (χ2v) is 3.56. The molecule has 2 nitrogen and oxygen atoms in total. The summed E-state index contributed by atoms with van der Waals surface area (Å²) in [6.45, 7) is 1.51. The fourth-order valence-electron chi connectivity index (χ4n) is 1.41. The Balaban J connectivity index is 2.56. The quantitative estimate of drug-likeness (QED) is 0.802. The van der Waals surface area contributed by atoms with E-state index in [1.54, 1.807) is 12.1 Å². The van der Waals surface area contributed by atoms with Crippen molar-refractivity contribution in [1.82, 2.24) is 4.98 Å². The van der Waals surface area contributed by atoms with Gasteiger partial charge < -0.3 is 5.73 Å². The van der Waals surface area contributed by atoms with Crippen LogP contribution in [0.3, 0.4) is 0 Å². The first kappa shape index (κ1) is 10.5. The second-order valence-electron chi connectivity index (χ2n) is 3.56. The van der Waals surface area contributed by atoms with E-state index < -0.39 is 11.6 Å². The molecule has 0 atom stereocenters. The molecule has 0 radical (unpaired) electrons. The lowest BCUT2D eigenvalue weighted by Gasteiger charge is -2.05. The van der Waals surface area contributed by atoms with Gasteiger partial charge in [0.05, 0.1) is 17.6 Å². The van der Waals surface area contributed by atoms with Gasteiger partial charge in [-0.15, -0.1) is 0 Å². The number of benzene rings is 1. The Labute approximate surface area is 91.7 Å². The van der Waals surface area contributed by atoms with Gasteiger partial charge in [0.1, 0.15) is 11.6 Å². The van der Waals surface area contributed by atoms with Crippen molar-refractivity contribution in [2.75, 3.05) is 5.73 Å². The molecule has 2 N–H and O–H groups in total. The lowest BCUT2D eigenvalue weighted by Crippen LogP contribution is -1.93. The first-order chi connectivity index (χ1) is 7.58. The highest BCUT2D eigenvalue weighted by atomic mass is 19.1. The summed E-state index contributed by atoms with van der Waals surface area (Å²) in [5.41, 5.74) is 6.73. The van der Waals surface area contributed by atoms with Gasteiger partial charge >= 0.3 is 0 Å². The van der Waals surface area contributed by atoms with Gasteiger partial charge in [-0.1, -0.05) is 0 Å². The molecule has 1 aromatic heterocycles. The molecular weight excluding hydrogens is 210 g/mol. The Hall–Kier alpha value is -1.97. The van der Waals surface area contributed by atoms with Gasteiger partial charge in [-0.25, -0.2) is 8.78 Å². The van der Waals surface area contributed by atoms with E-state index in [4.69, 9.17) is 5.73 Å². The van der Waals surface area contributed by atoms with Crippen LogP contribution in [0, 0.1) is 18.6 Å². The molecule has 0 bridgehead atoms. The van der Waals surface area contributed by atoms with Crippen LogP contribution in [0.15, 0.2) is 30.5 Å². The van der Waals surface area contributed by atoms with Crippen LogP contribution in [0.2, 0.25) is 0 Å². The molecule has 1 aromatic carbocycles. The van der Waals surface area contributed by atoms with Crippen LogP contribution in [-0.2, 0) is 0 Å². The topological polar surface area (TPSA) is 38.9 Å². The highest BCUT2D eigenvalue weighted by molar-refractivity contribution is 5.61. The molecule has 16 heavy (non-hydrogen) atoms. The number of rotatable bonds is 1. The summed E-state index contributed by atoms with van der Waals surface area (Å²) in [6.07, 6.45) is 1.41. The molecule has 0 saturated heterocycles. The van der Waals surface area contributed by atoms with Gasteiger partial charge in [-0.3, -0.25) is 4.98 Å². The summed E-state index contributed by atoms with van der Waals surface area (Å²) in [4.78, 5) is 3.95. The van der Waals surface area contributed by atoms with E-state index >= 15 is 0 Å². The van der Waals surface area contributed by atoms with Crippen molar-refractivity contribution in [3.05, 3.63) is 47.7 Å². The molecule has 2 rings (SSSR count). The Morgan fingerprint density at radius 1 is 1.12 bits per heavy atom. The fourth-order valence-corrected chi connectivity index (χ4v) is 1.41. The Kier molecular flexibility index (Phi) is 2.56. The van der Waals surface area contributed by atoms with Crippen molar-refractivity contribution in [2.24, 2.45) is 0 Å². The van der Waals surface area contributed by atoms with Gasteiger partial charge in [0.15, 0.2) is 0 Å². The number of nitrogens with zero attached hydrogens (tertiary/aromatic N) is 1. The lowest BCUT2D eigenvalue weighted by molar-refractivity contribution is 0.595. The maximum Gasteiger partial charge on any atom is 0.133 e. The van der Waals surface area contributed by atoms with E-state index in [0.29, 0.717) is 11.4 Å². The van der Waals surface area contributed by atoms with Crippen LogP contribution >= 0.6 is 0 Å². The van der Waals surface area contributed by atoms with Gasteiger partial charge in [-0.2, -0.15) is 0 Å². The second kappa shape index (κ2) is 3.89. The maximum atomic E-state index is 13.6. The van der Waals surface area contributed by atoms with E-state index in [1.807, 2.05) is 0 Å². The minimum atomic E-state index is -0.490. The largest absolute Gasteiger partial charge is 0.397 e. The molecule has 0 unspecified atom stereocenters. The number of aromatic nitrogens is 1. The van der Waals surface area contributed by atoms with Crippen molar-refractivity contribution in [3.63, 3.8) is 0 Å². The zero-order valence-electron chi connectivity index (χ0n) is 8.67. The molecule has 0 aliphatic heterocycles. The zero-order valence-corrected chi connectivity index (χ0v) is 8.67. The number of nitrogen functional groups attached to an aromatic ring is 1. The van der Waals surface area contributed by atoms with Gasteiger partial charge in [-0.05, 0) is 36.8 Å². The van der Waals surface area contributed by atoms with Crippen LogP contribution in [0.1, 0.15) is 5.56 Å². The van der Waals surface area contributed by atoms with Gasteiger partial charge in [0.2, 0.25) is 0 Å². The van der Waals surface area contributed by atoms with Crippen molar-refractivity contribution >= 4 is 5.69 Å². The third kappa shape index (κ3) is 1.86. The minimum absolute atomic E-state index is 0.142. The number of hydrogen-bond acceptors (Lipinski definition) is 2. The number of aryl methyl sites for hydroxylation is 1. The van der Waals surface area contributed by atoms with E-state index in [0.717, 1.165) is 12.1 Å². The number of hydrogen-bond donors (Lipinski definition) is 1. The van der Waals surface area contributed by atoms with Crippen LogP contribution in [0.4, 0.5) is 14.5 Å². The number of pyridine rings is 1. The van der Waals surface area contributed by atoms with Crippen molar-refractivity contribution in [1.29, 1.82) is 0 Å². The molecule has 82 valence electrons. The summed E-state index contributed by atoms with van der Waals surface area (Å²) in [5.74, 6) is -0.939. The molecule has 1 heterocycles. The maximum absolute atomic E-state index is 13.6. The monoisotopic (exact) mass is 220 g/mol. The molecule has 0 saturated carbocycles. The predicted octanol–water partition coefficient (Wildman–Crippen LogP) is 2.92. The number of halogens is 2. The molecule has 0 aliphatic carbocycles. The third-order valence-electron chi connectivity index (χ3n) is 2.31. The Bertz CT molecular complexity index is 521. The Morgan fingerprint density at radius 3 is 2.50 bits per heavy atom. The SMILES string of the molecule is Cc1cc(F)c(-c2ccc(N)cn2)cc1F. The molecule has 0 fully saturated rings. The van der Waals surface area contributed by atoms with Crippen molar-refractivity contribution < 1.29 is 8.78 Å². The summed E-state index contributed by atoms with van der Waals surface area (Å²) >= 11 is 0. The van der Waals surface area contributed by atoms with E-state index in [1.165, 1.54) is 13.1 Å². The smallest absolute Gasteiger partial charge is 0.133 e. The van der Waals surface area contributed by atoms with Crippen molar-refractivity contribution in [3.8, 4) is 11.3 Å². The third-order valence-corrected chi connectivity index (χ3v) is 2.31. The summed E-state index contributed by atoms with van der Waals surface area (Å²) in [7, 11) is 0. The lowest BCUT2D eigenvalue weighted by atomic mass is 10.1. The van der Waals surface area contributed by atoms with E-state index in [2.05, 4.69) is 4.98 Å². The molecule has 0 amide bonds. The number of anilines is 1. The zero-order chi connectivity index (χ0) is 11.7. The van der Waals surface area contributed by atoms with Crippen LogP contribution in [-0.4, -0.2) is 4.98 Å². The average molecular weight is 220 g/mol. The summed E-state index contributed by atoms with van der Waals surface area (Å²) < 4.78 is 26.9. The molecular formula is C12H10F2N2. The molecule has 0 spiro atoms. The summed E-state index contributed by atoms with van der Waals surface area (Å²) in [5, 5.41) is 0. The van der Waals surface area contributed by atoms with Crippen LogP contribution < -0.4 is 5.73 Å². The van der Waals surface area contributed by atoms with Crippen molar-refractivity contribution in [2.45, 2.75) is 6.92 Å². The first-order valence-electron chi connectivity index (χ1n) is 4.75. The van der Waals surface area contributed by atoms with Crippen LogP contribution in [0.25, 0.3) is 11.3 Å². The Morgan fingerprint density at radius 2 is 1.88 bits per heavy atom. The highest BCUT2D eigenvalue weighted by Gasteiger charge is 2.10. The molecule has 4 heteroatoms. The van der Waals surface area contributed by atoms with E-state index in [9.17, 15) is 8.78 Å². The predicted molar refractivity (Wildman–Crippen MR) is 58.7 cm³/mol. The average Bonchev–Trinajstić information content (AvgIpc) is 2.25. The number of nitrogens with two attached hydrogens (primary N) is 1. The minimum Gasteiger partial charge on any atom is -0.397 e. The molecule has 2 aromatic rings. The standard InChI is InChI=1S/C12H10F2N2/c1-7-4-11(14)9(5-10(7)13)12-3-2-8(15)6-16-12/h2-6H,15H2,1H3. The summed E-state index contributed by atoms with van der Waals surface area (Å²) in [6, 6.07) is 5.45. The van der Waals surface area contributed by atoms with Crippen LogP contribution in [0.5, 0.6) is 0 Å². The highest BCUT2D eigenvalue weighted by Crippen LogP contribution is 2.24. The van der Waals surface area contributed by atoms with Gasteiger partial charge in [0, 0.05) is 5.56 Å². The van der Waals surface area contributed by atoms with E-state index in [-0.39, 0.29) is 11.1 Å². The molecule has 0 aliphatic rings.